The molecule has 2 saturated carbocycles. The number of hydrogen-bond acceptors (Lipinski definition) is 5. The zero-order valence-corrected chi connectivity index (χ0v) is 22.5. The van der Waals surface area contributed by atoms with Crippen LogP contribution in [0.15, 0.2) is 12.1 Å². The van der Waals surface area contributed by atoms with E-state index in [0.29, 0.717) is 30.9 Å². The van der Waals surface area contributed by atoms with Crippen molar-refractivity contribution in [3.05, 3.63) is 29.3 Å². The van der Waals surface area contributed by atoms with Gasteiger partial charge in [0.2, 0.25) is 17.7 Å². The summed E-state index contributed by atoms with van der Waals surface area (Å²) in [7, 11) is 0. The van der Waals surface area contributed by atoms with Crippen molar-refractivity contribution in [1.82, 2.24) is 5.32 Å². The molecule has 9 heteroatoms. The molecule has 0 radical (unpaired) electrons. The Hall–Kier alpha value is -2.84. The molecule has 1 spiro atoms. The fourth-order valence-corrected chi connectivity index (χ4v) is 6.04. The lowest BCUT2D eigenvalue weighted by molar-refractivity contribution is -0.154. The lowest BCUT2D eigenvalue weighted by Gasteiger charge is -2.54. The fourth-order valence-electron chi connectivity index (χ4n) is 6.04. The number of benzene rings is 1. The van der Waals surface area contributed by atoms with Crippen LogP contribution in [0.2, 0.25) is 0 Å². The van der Waals surface area contributed by atoms with Crippen molar-refractivity contribution in [2.45, 2.75) is 84.5 Å². The van der Waals surface area contributed by atoms with E-state index in [1.807, 2.05) is 20.8 Å². The summed E-state index contributed by atoms with van der Waals surface area (Å²) < 4.78 is 34.1. The third-order valence-corrected chi connectivity index (χ3v) is 8.62. The van der Waals surface area contributed by atoms with Crippen molar-refractivity contribution < 1.29 is 32.7 Å². The molecule has 4 fully saturated rings. The first-order chi connectivity index (χ1) is 18.0. The summed E-state index contributed by atoms with van der Waals surface area (Å²) in [6.07, 6.45) is 8.20. The van der Waals surface area contributed by atoms with E-state index < -0.39 is 29.4 Å². The maximum atomic E-state index is 14.4. The minimum Gasteiger partial charge on any atom is -0.465 e. The van der Waals surface area contributed by atoms with Gasteiger partial charge in [-0.15, -0.1) is 0 Å². The second kappa shape index (κ2) is 11.5. The molecule has 2 heterocycles. The molecule has 7 nitrogen and oxygen atoms in total. The Balaban J connectivity index is 0.000000194. The first-order valence-electron chi connectivity index (χ1n) is 13.8. The van der Waals surface area contributed by atoms with Gasteiger partial charge in [0.05, 0.1) is 18.4 Å². The molecular formula is C29H38F2N2O5. The fraction of sp³-hybridized carbons (Fsp3) is 0.655. The molecule has 4 aliphatic rings. The predicted molar refractivity (Wildman–Crippen MR) is 137 cm³/mol. The lowest BCUT2D eigenvalue weighted by atomic mass is 9.52. The maximum Gasteiger partial charge on any atom is 0.308 e. The zero-order valence-electron chi connectivity index (χ0n) is 22.5. The second-order valence-corrected chi connectivity index (χ2v) is 11.7. The van der Waals surface area contributed by atoms with Gasteiger partial charge < -0.3 is 9.64 Å². The first kappa shape index (κ1) is 28.2. The number of nitrogens with zero attached hydrogens (tertiary/aromatic N) is 1. The summed E-state index contributed by atoms with van der Waals surface area (Å²) in [6, 6.07) is 2.16. The van der Waals surface area contributed by atoms with Crippen molar-refractivity contribution in [3.63, 3.8) is 0 Å². The van der Waals surface area contributed by atoms with Gasteiger partial charge in [-0.05, 0) is 67.9 Å². The summed E-state index contributed by atoms with van der Waals surface area (Å²) in [5, 5.41) is 2.09. The van der Waals surface area contributed by atoms with Crippen molar-refractivity contribution in [3.8, 4) is 0 Å². The first-order valence-corrected chi connectivity index (χ1v) is 13.8. The van der Waals surface area contributed by atoms with Gasteiger partial charge in [-0.25, -0.2) is 8.78 Å². The largest absolute Gasteiger partial charge is 0.465 e. The lowest BCUT2D eigenvalue weighted by Crippen LogP contribution is -2.44. The molecule has 3 amide bonds. The molecule has 3 unspecified atom stereocenters. The zero-order chi connectivity index (χ0) is 27.6. The van der Waals surface area contributed by atoms with Gasteiger partial charge in [-0.2, -0.15) is 0 Å². The summed E-state index contributed by atoms with van der Waals surface area (Å²) in [4.78, 5) is 47.6. The van der Waals surface area contributed by atoms with E-state index >= 15 is 0 Å². The number of hydrogen-bond donors (Lipinski definition) is 1. The van der Waals surface area contributed by atoms with Gasteiger partial charge >= 0.3 is 5.97 Å². The minimum atomic E-state index is -1.03. The molecule has 3 atom stereocenters. The molecule has 2 aliphatic heterocycles. The molecule has 0 aromatic heterocycles. The minimum absolute atomic E-state index is 0.00735. The molecular weight excluding hydrogens is 494 g/mol. The second-order valence-electron chi connectivity index (χ2n) is 11.7. The van der Waals surface area contributed by atoms with Crippen molar-refractivity contribution in [2.24, 2.45) is 23.2 Å². The van der Waals surface area contributed by atoms with Gasteiger partial charge in [0.1, 0.15) is 11.6 Å². The van der Waals surface area contributed by atoms with Gasteiger partial charge in [0, 0.05) is 30.6 Å². The van der Waals surface area contributed by atoms with Crippen molar-refractivity contribution >= 4 is 29.4 Å². The van der Waals surface area contributed by atoms with Crippen LogP contribution in [0, 0.1) is 34.8 Å². The molecule has 5 rings (SSSR count). The average molecular weight is 533 g/mol. The predicted octanol–water partition coefficient (Wildman–Crippen LogP) is 5.01. The van der Waals surface area contributed by atoms with Crippen LogP contribution >= 0.6 is 0 Å². The summed E-state index contributed by atoms with van der Waals surface area (Å²) in [5.74, 6) is -3.24. The van der Waals surface area contributed by atoms with Gasteiger partial charge in [-0.1, -0.05) is 27.2 Å². The molecule has 38 heavy (non-hydrogen) atoms. The average Bonchev–Trinajstić information content (AvgIpc) is 3.15. The van der Waals surface area contributed by atoms with Gasteiger partial charge in [-0.3, -0.25) is 24.5 Å². The van der Waals surface area contributed by atoms with Crippen LogP contribution < -0.4 is 10.2 Å². The number of rotatable bonds is 6. The highest BCUT2D eigenvalue weighted by atomic mass is 19.1. The van der Waals surface area contributed by atoms with Crippen LogP contribution in [0.25, 0.3) is 0 Å². The standard InChI is InChI=1S/C16H16F2N2O3.C13H22O2/c1-8-4-14(22)20(7-8)9-5-11(17)15(12(18)6-9)10-2-3-13(21)19-16(10)23;1-3-10(2)12(14)15-9-11-7-13(8-11)5-4-6-13/h5-6,8,10H,2-4,7H2,1H3,(H,19,21,23);10-11H,3-9H2,1-2H3. The van der Waals surface area contributed by atoms with Crippen LogP contribution in [0.5, 0.6) is 0 Å². The van der Waals surface area contributed by atoms with Crippen molar-refractivity contribution in [1.29, 1.82) is 0 Å². The normalized spacial score (nSPS) is 25.2. The highest BCUT2D eigenvalue weighted by Crippen LogP contribution is 2.58. The monoisotopic (exact) mass is 532 g/mol. The molecule has 1 aromatic rings. The third kappa shape index (κ3) is 6.07. The number of carbonyl (C=O) groups excluding carboxylic acids is 4. The quantitative estimate of drug-likeness (QED) is 0.411. The van der Waals surface area contributed by atoms with E-state index in [1.165, 1.54) is 37.0 Å². The topological polar surface area (TPSA) is 92.8 Å². The van der Waals surface area contributed by atoms with Crippen molar-refractivity contribution in [2.75, 3.05) is 18.1 Å². The highest BCUT2D eigenvalue weighted by molar-refractivity contribution is 6.01. The van der Waals surface area contributed by atoms with Crippen LogP contribution in [-0.2, 0) is 23.9 Å². The van der Waals surface area contributed by atoms with Gasteiger partial charge in [0.25, 0.3) is 0 Å². The number of amides is 3. The van der Waals surface area contributed by atoms with Crippen LogP contribution in [0.4, 0.5) is 14.5 Å². The van der Waals surface area contributed by atoms with E-state index in [9.17, 15) is 28.0 Å². The number of esters is 1. The molecule has 2 saturated heterocycles. The SMILES string of the molecule is CC1CC(=O)N(c2cc(F)c(C3CCC(=O)NC3=O)c(F)c2)C1.CCC(C)C(=O)OCC1CC2(CCC2)C1. The summed E-state index contributed by atoms with van der Waals surface area (Å²) >= 11 is 0. The number of carbonyl (C=O) groups is 4. The number of ether oxygens (including phenoxy) is 1. The number of imide groups is 1. The molecule has 208 valence electrons. The summed E-state index contributed by atoms with van der Waals surface area (Å²) in [5.41, 5.74) is 0.511. The maximum absolute atomic E-state index is 14.4. The van der Waals surface area contributed by atoms with E-state index in [1.54, 1.807) is 0 Å². The van der Waals surface area contributed by atoms with E-state index in [0.717, 1.165) is 18.6 Å². The van der Waals surface area contributed by atoms with E-state index in [-0.39, 0.29) is 47.8 Å². The van der Waals surface area contributed by atoms with Crippen LogP contribution in [-0.4, -0.2) is 36.8 Å². The Morgan fingerprint density at radius 1 is 1.18 bits per heavy atom. The molecule has 0 bridgehead atoms. The number of anilines is 1. The highest BCUT2D eigenvalue weighted by Gasteiger charge is 2.48. The Morgan fingerprint density at radius 3 is 2.34 bits per heavy atom. The Kier molecular flexibility index (Phi) is 8.52. The Labute approximate surface area is 222 Å². The molecule has 1 N–H and O–H groups in total. The third-order valence-electron chi connectivity index (χ3n) is 8.62. The van der Waals surface area contributed by atoms with E-state index in [4.69, 9.17) is 4.74 Å². The molecule has 1 aromatic carbocycles. The van der Waals surface area contributed by atoms with E-state index in [2.05, 4.69) is 5.32 Å². The Bertz CT molecular complexity index is 1070. The van der Waals surface area contributed by atoms with Gasteiger partial charge in [0.15, 0.2) is 0 Å². The number of piperidine rings is 1. The van der Waals surface area contributed by atoms with Crippen LogP contribution in [0.1, 0.15) is 90.0 Å². The van der Waals surface area contributed by atoms with Crippen LogP contribution in [0.3, 0.4) is 0 Å². The number of nitrogens with one attached hydrogen (secondary N) is 1. The molecule has 2 aliphatic carbocycles. The Morgan fingerprint density at radius 2 is 1.84 bits per heavy atom. The summed E-state index contributed by atoms with van der Waals surface area (Å²) in [6.45, 7) is 6.94. The number of halogens is 2. The smallest absolute Gasteiger partial charge is 0.308 e.